The smallest absolute Gasteiger partial charge is 0.0409 e. The maximum atomic E-state index is 3.51. The van der Waals surface area contributed by atoms with E-state index in [1.165, 1.54) is 14.7 Å². The van der Waals surface area contributed by atoms with Gasteiger partial charge in [0.15, 0.2) is 0 Å². The summed E-state index contributed by atoms with van der Waals surface area (Å²) in [6.07, 6.45) is 0. The van der Waals surface area contributed by atoms with Crippen molar-refractivity contribution in [3.05, 3.63) is 0 Å². The van der Waals surface area contributed by atoms with Gasteiger partial charge in [0.25, 0.3) is 0 Å². The van der Waals surface area contributed by atoms with Gasteiger partial charge in [0.2, 0.25) is 0 Å². The molecule has 0 atom stereocenters. The molecule has 8 heavy (non-hydrogen) atoms. The van der Waals surface area contributed by atoms with Gasteiger partial charge in [-0.1, -0.05) is 25.3 Å². The second-order valence-corrected chi connectivity index (χ2v) is 14.2. The van der Waals surface area contributed by atoms with Crippen LogP contribution in [-0.4, -0.2) is 35.4 Å². The average molecular weight is 171 g/mol. The molecule has 0 fully saturated rings. The minimum atomic E-state index is -0.690. The van der Waals surface area contributed by atoms with E-state index < -0.39 is 8.07 Å². The molecule has 0 aliphatic carbocycles. The molecule has 0 bridgehead atoms. The van der Waals surface area contributed by atoms with Crippen molar-refractivity contribution in [3.63, 3.8) is 0 Å². The molecule has 7 radical (unpaired) electrons. The van der Waals surface area contributed by atoms with Gasteiger partial charge in [-0.05, 0) is 0 Å². The van der Waals surface area contributed by atoms with Gasteiger partial charge in [-0.2, -0.15) is 0 Å². The van der Waals surface area contributed by atoms with Crippen LogP contribution in [-0.2, 0) is 0 Å². The highest BCUT2D eigenvalue weighted by Crippen LogP contribution is 2.04. The summed E-state index contributed by atoms with van der Waals surface area (Å²) in [6, 6.07) is 0. The van der Waals surface area contributed by atoms with E-state index >= 15 is 0 Å². The fourth-order valence-corrected chi connectivity index (χ4v) is 10.7. The Hall–Kier alpha value is 0.868. The number of rotatable bonds is 3. The molecular weight excluding hydrogens is 160 g/mol. The molecular formula is C4H11Si4. The summed E-state index contributed by atoms with van der Waals surface area (Å²) in [6.45, 7) is 7.27. The van der Waals surface area contributed by atoms with E-state index in [9.17, 15) is 0 Å². The summed E-state index contributed by atoms with van der Waals surface area (Å²) in [5.41, 5.74) is 1.49. The summed E-state index contributed by atoms with van der Waals surface area (Å²) >= 11 is 0. The molecule has 0 N–H and O–H groups in total. The lowest BCUT2D eigenvalue weighted by atomic mass is 11.8. The summed E-state index contributed by atoms with van der Waals surface area (Å²) in [5, 5.41) is 0. The van der Waals surface area contributed by atoms with Crippen molar-refractivity contribution in [1.82, 2.24) is 0 Å². The predicted octanol–water partition coefficient (Wildman–Crippen LogP) is 0.689. The second-order valence-electron chi connectivity index (χ2n) is 3.04. The molecule has 0 rings (SSSR count). The summed E-state index contributed by atoms with van der Waals surface area (Å²) in [5.74, 6) is 0. The van der Waals surface area contributed by atoms with E-state index in [4.69, 9.17) is 0 Å². The van der Waals surface area contributed by atoms with Crippen LogP contribution in [0, 0.1) is 0 Å². The lowest BCUT2D eigenvalue weighted by Crippen LogP contribution is -2.24. The van der Waals surface area contributed by atoms with E-state index in [1.807, 2.05) is 0 Å². The Bertz CT molecular complexity index is 55.5. The van der Waals surface area contributed by atoms with Gasteiger partial charge in [-0.15, -0.1) is 0 Å². The highest BCUT2D eigenvalue weighted by atomic mass is 29.5. The maximum Gasteiger partial charge on any atom is 0.0409 e. The molecule has 0 amide bonds. The molecule has 0 aromatic heterocycles. The van der Waals surface area contributed by atoms with Crippen molar-refractivity contribution >= 4 is 35.4 Å². The van der Waals surface area contributed by atoms with Crippen LogP contribution in [0.4, 0.5) is 0 Å². The van der Waals surface area contributed by atoms with Crippen LogP contribution in [0.15, 0.2) is 0 Å². The average Bonchev–Trinajstić information content (AvgIpc) is 1.59. The van der Waals surface area contributed by atoms with Gasteiger partial charge in [-0.3, -0.25) is 0 Å². The monoisotopic (exact) mass is 171 g/mol. The Kier molecular flexibility index (Phi) is 4.22. The quantitative estimate of drug-likeness (QED) is 0.548. The Balaban J connectivity index is 3.11. The van der Waals surface area contributed by atoms with Crippen LogP contribution in [0.2, 0.25) is 25.3 Å². The van der Waals surface area contributed by atoms with Crippen LogP contribution >= 0.6 is 0 Å². The highest BCUT2D eigenvalue weighted by molar-refractivity contribution is 7.25. The lowest BCUT2D eigenvalue weighted by Gasteiger charge is -2.13. The molecule has 0 nitrogen and oxygen atoms in total. The van der Waals surface area contributed by atoms with E-state index in [-0.39, 0.29) is 0 Å². The molecule has 43 valence electrons. The van der Waals surface area contributed by atoms with Gasteiger partial charge in [0.05, 0.1) is 0 Å². The SMILES string of the molecule is C[Si](C)(C)C[Si][Si][Si]. The molecule has 0 heterocycles. The highest BCUT2D eigenvalue weighted by Gasteiger charge is 2.10. The Morgan fingerprint density at radius 1 is 1.38 bits per heavy atom. The van der Waals surface area contributed by atoms with Crippen molar-refractivity contribution in [2.75, 3.05) is 0 Å². The van der Waals surface area contributed by atoms with E-state index in [0.29, 0.717) is 0 Å². The van der Waals surface area contributed by atoms with E-state index in [1.54, 1.807) is 0 Å². The van der Waals surface area contributed by atoms with Gasteiger partial charge in [-0.25, -0.2) is 0 Å². The topological polar surface area (TPSA) is 0 Å². The number of hydrogen-bond acceptors (Lipinski definition) is 0. The zero-order valence-corrected chi connectivity index (χ0v) is 9.71. The second kappa shape index (κ2) is 3.81. The van der Waals surface area contributed by atoms with Gasteiger partial charge in [0, 0.05) is 35.4 Å². The van der Waals surface area contributed by atoms with E-state index in [2.05, 4.69) is 29.4 Å². The predicted molar refractivity (Wildman–Crippen MR) is 45.4 cm³/mol. The Labute approximate surface area is 61.1 Å². The number of hydrogen-bond donors (Lipinski definition) is 0. The molecule has 4 heteroatoms. The molecule has 0 aliphatic heterocycles. The van der Waals surface area contributed by atoms with Crippen molar-refractivity contribution in [2.24, 2.45) is 0 Å². The molecule has 0 saturated heterocycles. The van der Waals surface area contributed by atoms with E-state index in [0.717, 1.165) is 8.55 Å². The van der Waals surface area contributed by atoms with Crippen molar-refractivity contribution < 1.29 is 0 Å². The van der Waals surface area contributed by atoms with Crippen LogP contribution in [0.3, 0.4) is 0 Å². The first kappa shape index (κ1) is 8.87. The molecule has 0 aromatic rings. The third-order valence-electron chi connectivity index (χ3n) is 0.707. The van der Waals surface area contributed by atoms with Crippen LogP contribution in [0.25, 0.3) is 0 Å². The van der Waals surface area contributed by atoms with Gasteiger partial charge >= 0.3 is 0 Å². The zero-order valence-electron chi connectivity index (χ0n) is 5.71. The largest absolute Gasteiger partial charge is 0.0698 e. The summed E-state index contributed by atoms with van der Waals surface area (Å²) in [4.78, 5) is 0. The van der Waals surface area contributed by atoms with Crippen LogP contribution in [0.1, 0.15) is 0 Å². The Morgan fingerprint density at radius 3 is 2.00 bits per heavy atom. The third kappa shape index (κ3) is 6.87. The van der Waals surface area contributed by atoms with Crippen molar-refractivity contribution in [1.29, 1.82) is 0 Å². The third-order valence-corrected chi connectivity index (χ3v) is 9.55. The minimum Gasteiger partial charge on any atom is -0.0698 e. The minimum absolute atomic E-state index is 0.690. The van der Waals surface area contributed by atoms with Crippen molar-refractivity contribution in [3.8, 4) is 0 Å². The fourth-order valence-electron chi connectivity index (χ4n) is 0.309. The maximum absolute atomic E-state index is 3.51. The molecule has 0 saturated carbocycles. The molecule has 0 aromatic carbocycles. The van der Waals surface area contributed by atoms with Crippen LogP contribution < -0.4 is 0 Å². The first-order valence-electron chi connectivity index (χ1n) is 2.71. The fraction of sp³-hybridized carbons (Fsp3) is 1.00. The standard InChI is InChI=1S/C4H11Si4/c1-8(2,3)4-6-7-5/h4H2,1-3H3. The normalized spacial score (nSPS) is 12.0. The van der Waals surface area contributed by atoms with Gasteiger partial charge < -0.3 is 0 Å². The Morgan fingerprint density at radius 2 is 1.88 bits per heavy atom. The van der Waals surface area contributed by atoms with Crippen LogP contribution in [0.5, 0.6) is 0 Å². The lowest BCUT2D eigenvalue weighted by molar-refractivity contribution is 1.64. The zero-order chi connectivity index (χ0) is 6.62. The molecule has 0 spiro atoms. The van der Waals surface area contributed by atoms with Crippen molar-refractivity contribution in [2.45, 2.75) is 25.3 Å². The van der Waals surface area contributed by atoms with Gasteiger partial charge in [0.1, 0.15) is 0 Å². The summed E-state index contributed by atoms with van der Waals surface area (Å²) < 4.78 is 0. The molecule has 0 unspecified atom stereocenters. The first-order chi connectivity index (χ1) is 3.56. The first-order valence-corrected chi connectivity index (χ1v) is 11.1. The summed E-state index contributed by atoms with van der Waals surface area (Å²) in [7, 11) is 4.99. The molecule has 0 aliphatic rings.